The topological polar surface area (TPSA) is 64.1 Å². The van der Waals surface area contributed by atoms with E-state index in [-0.39, 0.29) is 11.5 Å². The molecule has 0 radical (unpaired) electrons. The number of nitrogens with two attached hydrogens (primary N) is 1. The lowest BCUT2D eigenvalue weighted by Crippen LogP contribution is -2.34. The summed E-state index contributed by atoms with van der Waals surface area (Å²) in [7, 11) is 0. The standard InChI is InChI=1S/C11H19N3O/c1-11(2,3)9-6-10(12)13-14(9)7-4-8(15)5-7/h6-8,15H,4-5H2,1-3H3,(H2,12,13). The molecule has 0 aliphatic heterocycles. The highest BCUT2D eigenvalue weighted by Crippen LogP contribution is 2.36. The third-order valence-electron chi connectivity index (χ3n) is 2.96. The zero-order valence-electron chi connectivity index (χ0n) is 9.57. The van der Waals surface area contributed by atoms with Crippen molar-refractivity contribution in [1.29, 1.82) is 0 Å². The summed E-state index contributed by atoms with van der Waals surface area (Å²) < 4.78 is 1.99. The van der Waals surface area contributed by atoms with E-state index in [1.165, 1.54) is 0 Å². The lowest BCUT2D eigenvalue weighted by molar-refractivity contribution is 0.0411. The fourth-order valence-corrected chi connectivity index (χ4v) is 2.01. The Morgan fingerprint density at radius 1 is 1.47 bits per heavy atom. The molecule has 0 aromatic carbocycles. The summed E-state index contributed by atoms with van der Waals surface area (Å²) in [6.07, 6.45) is 1.43. The zero-order chi connectivity index (χ0) is 11.2. The molecule has 1 fully saturated rings. The first-order valence-corrected chi connectivity index (χ1v) is 5.41. The van der Waals surface area contributed by atoms with Crippen molar-refractivity contribution in [2.24, 2.45) is 0 Å². The van der Waals surface area contributed by atoms with Crippen LogP contribution in [0.15, 0.2) is 6.07 Å². The van der Waals surface area contributed by atoms with Crippen LogP contribution in [-0.2, 0) is 5.41 Å². The van der Waals surface area contributed by atoms with E-state index >= 15 is 0 Å². The third-order valence-corrected chi connectivity index (χ3v) is 2.96. The van der Waals surface area contributed by atoms with E-state index in [2.05, 4.69) is 25.9 Å². The second-order valence-corrected chi connectivity index (χ2v) is 5.43. The van der Waals surface area contributed by atoms with Crippen molar-refractivity contribution in [1.82, 2.24) is 9.78 Å². The van der Waals surface area contributed by atoms with Gasteiger partial charge in [-0.3, -0.25) is 4.68 Å². The van der Waals surface area contributed by atoms with Gasteiger partial charge in [0.05, 0.1) is 12.1 Å². The predicted octanol–water partition coefficient (Wildman–Crippen LogP) is 1.46. The van der Waals surface area contributed by atoms with Crippen molar-refractivity contribution in [3.8, 4) is 0 Å². The van der Waals surface area contributed by atoms with Crippen LogP contribution < -0.4 is 5.73 Å². The van der Waals surface area contributed by atoms with Crippen molar-refractivity contribution in [3.63, 3.8) is 0 Å². The lowest BCUT2D eigenvalue weighted by Gasteiger charge is -2.34. The van der Waals surface area contributed by atoms with Crippen molar-refractivity contribution in [2.45, 2.75) is 51.2 Å². The Morgan fingerprint density at radius 2 is 2.07 bits per heavy atom. The maximum atomic E-state index is 9.31. The summed E-state index contributed by atoms with van der Waals surface area (Å²) in [4.78, 5) is 0. The lowest BCUT2D eigenvalue weighted by atomic mass is 9.87. The fourth-order valence-electron chi connectivity index (χ4n) is 2.01. The Morgan fingerprint density at radius 3 is 2.53 bits per heavy atom. The Kier molecular flexibility index (Phi) is 2.26. The minimum absolute atomic E-state index is 0.0468. The maximum Gasteiger partial charge on any atom is 0.145 e. The molecule has 0 saturated heterocycles. The molecule has 1 aliphatic carbocycles. The second kappa shape index (κ2) is 3.23. The number of hydrogen-bond acceptors (Lipinski definition) is 3. The smallest absolute Gasteiger partial charge is 0.145 e. The number of rotatable bonds is 1. The van der Waals surface area contributed by atoms with Gasteiger partial charge in [-0.25, -0.2) is 0 Å². The highest BCUT2D eigenvalue weighted by Gasteiger charge is 2.33. The van der Waals surface area contributed by atoms with E-state index < -0.39 is 0 Å². The SMILES string of the molecule is CC(C)(C)c1cc(N)nn1C1CC(O)C1. The number of anilines is 1. The first-order chi connectivity index (χ1) is 6.88. The van der Waals surface area contributed by atoms with Crippen LogP contribution in [0.5, 0.6) is 0 Å². The molecule has 84 valence electrons. The molecule has 4 heteroatoms. The minimum Gasteiger partial charge on any atom is -0.393 e. The number of hydrogen-bond donors (Lipinski definition) is 2. The molecule has 1 saturated carbocycles. The monoisotopic (exact) mass is 209 g/mol. The van der Waals surface area contributed by atoms with Gasteiger partial charge in [0.2, 0.25) is 0 Å². The Balaban J connectivity index is 2.30. The highest BCUT2D eigenvalue weighted by molar-refractivity contribution is 5.33. The summed E-state index contributed by atoms with van der Waals surface area (Å²) in [5.74, 6) is 0.571. The molecule has 1 heterocycles. The number of aromatic nitrogens is 2. The molecule has 1 aliphatic rings. The van der Waals surface area contributed by atoms with Gasteiger partial charge < -0.3 is 10.8 Å². The van der Waals surface area contributed by atoms with Crippen molar-refractivity contribution >= 4 is 5.82 Å². The van der Waals surface area contributed by atoms with Gasteiger partial charge in [-0.15, -0.1) is 0 Å². The van der Waals surface area contributed by atoms with E-state index in [4.69, 9.17) is 5.73 Å². The van der Waals surface area contributed by atoms with Gasteiger partial charge in [0.25, 0.3) is 0 Å². The largest absolute Gasteiger partial charge is 0.393 e. The molecule has 0 unspecified atom stereocenters. The van der Waals surface area contributed by atoms with E-state index in [9.17, 15) is 5.11 Å². The van der Waals surface area contributed by atoms with Crippen molar-refractivity contribution in [2.75, 3.05) is 5.73 Å². The normalized spacial score (nSPS) is 26.4. The van der Waals surface area contributed by atoms with Gasteiger partial charge >= 0.3 is 0 Å². The molecule has 3 N–H and O–H groups in total. The molecule has 0 spiro atoms. The van der Waals surface area contributed by atoms with E-state index in [0.29, 0.717) is 11.9 Å². The summed E-state index contributed by atoms with van der Waals surface area (Å²) in [5, 5.41) is 13.6. The summed E-state index contributed by atoms with van der Waals surface area (Å²) >= 11 is 0. The molecule has 1 aromatic heterocycles. The Hall–Kier alpha value is -1.03. The first-order valence-electron chi connectivity index (χ1n) is 5.41. The molecule has 1 aromatic rings. The van der Waals surface area contributed by atoms with Crippen molar-refractivity contribution in [3.05, 3.63) is 11.8 Å². The number of aliphatic hydroxyl groups excluding tert-OH is 1. The maximum absolute atomic E-state index is 9.31. The third kappa shape index (κ3) is 1.86. The number of nitrogen functional groups attached to an aromatic ring is 1. The van der Waals surface area contributed by atoms with Crippen LogP contribution in [0.1, 0.15) is 45.3 Å². The Labute approximate surface area is 90.1 Å². The quantitative estimate of drug-likeness (QED) is 0.736. The molecular weight excluding hydrogens is 190 g/mol. The summed E-state index contributed by atoms with van der Waals surface area (Å²) in [5.41, 5.74) is 6.93. The van der Waals surface area contributed by atoms with Crippen LogP contribution in [0.4, 0.5) is 5.82 Å². The van der Waals surface area contributed by atoms with Crippen LogP contribution >= 0.6 is 0 Å². The first kappa shape index (κ1) is 10.5. The second-order valence-electron chi connectivity index (χ2n) is 5.43. The fraction of sp³-hybridized carbons (Fsp3) is 0.727. The Bertz CT molecular complexity index is 358. The zero-order valence-corrected chi connectivity index (χ0v) is 9.57. The molecule has 0 atom stereocenters. The van der Waals surface area contributed by atoms with Gasteiger partial charge in [-0.1, -0.05) is 20.8 Å². The van der Waals surface area contributed by atoms with Crippen LogP contribution in [0, 0.1) is 0 Å². The average molecular weight is 209 g/mol. The van der Waals surface area contributed by atoms with Crippen LogP contribution in [0.2, 0.25) is 0 Å². The van der Waals surface area contributed by atoms with Gasteiger partial charge in [-0.2, -0.15) is 5.10 Å². The van der Waals surface area contributed by atoms with Crippen LogP contribution in [-0.4, -0.2) is 21.0 Å². The van der Waals surface area contributed by atoms with Crippen LogP contribution in [0.25, 0.3) is 0 Å². The predicted molar refractivity (Wildman–Crippen MR) is 59.6 cm³/mol. The van der Waals surface area contributed by atoms with E-state index in [1.54, 1.807) is 0 Å². The summed E-state index contributed by atoms with van der Waals surface area (Å²) in [6.45, 7) is 6.44. The van der Waals surface area contributed by atoms with Gasteiger partial charge in [0.1, 0.15) is 5.82 Å². The average Bonchev–Trinajstić information content (AvgIpc) is 2.40. The summed E-state index contributed by atoms with van der Waals surface area (Å²) in [6, 6.07) is 2.26. The number of aliphatic hydroxyl groups is 1. The van der Waals surface area contributed by atoms with Crippen LogP contribution in [0.3, 0.4) is 0 Å². The van der Waals surface area contributed by atoms with E-state index in [1.807, 2.05) is 10.7 Å². The van der Waals surface area contributed by atoms with E-state index in [0.717, 1.165) is 18.5 Å². The molecular formula is C11H19N3O. The molecule has 0 bridgehead atoms. The molecule has 15 heavy (non-hydrogen) atoms. The number of nitrogens with zero attached hydrogens (tertiary/aromatic N) is 2. The van der Waals surface area contributed by atoms with Gasteiger partial charge in [-0.05, 0) is 12.8 Å². The molecule has 4 nitrogen and oxygen atoms in total. The van der Waals surface area contributed by atoms with Gasteiger partial charge in [0.15, 0.2) is 0 Å². The minimum atomic E-state index is -0.159. The highest BCUT2D eigenvalue weighted by atomic mass is 16.3. The van der Waals surface area contributed by atoms with Gasteiger partial charge in [0, 0.05) is 17.2 Å². The van der Waals surface area contributed by atoms with Crippen molar-refractivity contribution < 1.29 is 5.11 Å². The molecule has 2 rings (SSSR count). The molecule has 0 amide bonds.